The summed E-state index contributed by atoms with van der Waals surface area (Å²) < 4.78 is 4.89. The molecular weight excluding hydrogens is 144 g/mol. The largest absolute Gasteiger partial charge is 0.460 e. The van der Waals surface area contributed by atoms with Crippen LogP contribution in [0, 0.1) is 5.92 Å². The first-order valence-electron chi connectivity index (χ1n) is 4.09. The molecule has 2 atom stereocenters. The minimum atomic E-state index is -0.237. The quantitative estimate of drug-likeness (QED) is 0.615. The maximum absolute atomic E-state index is 11.0. The number of hydrogen-bond acceptors (Lipinski definition) is 3. The van der Waals surface area contributed by atoms with E-state index in [1.54, 1.807) is 0 Å². The van der Waals surface area contributed by atoms with Gasteiger partial charge in [0.05, 0.1) is 12.5 Å². The topological polar surface area (TPSA) is 46.5 Å². The predicted octanol–water partition coefficient (Wildman–Crippen LogP) is 0.710. The Kier molecular flexibility index (Phi) is 2.88. The Balaban J connectivity index is 2.38. The lowest BCUT2D eigenvalue weighted by Crippen LogP contribution is -2.10. The molecule has 0 unspecified atom stereocenters. The van der Waals surface area contributed by atoms with E-state index in [9.17, 15) is 4.79 Å². The molecule has 0 amide bonds. The number of aliphatic hydroxyl groups excluding tert-OH is 1. The average Bonchev–Trinajstić information content (AvgIpc) is 2.33. The van der Waals surface area contributed by atoms with E-state index in [1.165, 1.54) is 0 Å². The third kappa shape index (κ3) is 1.93. The first-order chi connectivity index (χ1) is 5.27. The number of aliphatic hydroxyl groups is 1. The van der Waals surface area contributed by atoms with Crippen LogP contribution < -0.4 is 0 Å². The second-order valence-corrected chi connectivity index (χ2v) is 2.96. The Morgan fingerprint density at radius 1 is 1.73 bits per heavy atom. The zero-order chi connectivity index (χ0) is 8.27. The molecule has 1 heterocycles. The smallest absolute Gasteiger partial charge is 0.309 e. The van der Waals surface area contributed by atoms with E-state index in [1.807, 2.05) is 6.92 Å². The molecule has 0 aromatic rings. The lowest BCUT2D eigenvalue weighted by molar-refractivity contribution is -0.145. The molecule has 0 saturated carbocycles. The Labute approximate surface area is 66.4 Å². The first-order valence-corrected chi connectivity index (χ1v) is 4.09. The highest BCUT2D eigenvalue weighted by molar-refractivity contribution is 5.74. The van der Waals surface area contributed by atoms with Crippen LogP contribution in [-0.2, 0) is 9.53 Å². The van der Waals surface area contributed by atoms with Gasteiger partial charge in [-0.1, -0.05) is 13.3 Å². The zero-order valence-corrected chi connectivity index (χ0v) is 6.75. The van der Waals surface area contributed by atoms with Crippen LogP contribution in [0.5, 0.6) is 0 Å². The molecule has 0 radical (unpaired) electrons. The van der Waals surface area contributed by atoms with Crippen LogP contribution >= 0.6 is 0 Å². The van der Waals surface area contributed by atoms with Gasteiger partial charge in [0.2, 0.25) is 0 Å². The lowest BCUT2D eigenvalue weighted by atomic mass is 10.0. The van der Waals surface area contributed by atoms with Crippen molar-refractivity contribution in [2.75, 3.05) is 6.61 Å². The number of hydrogen-bond donors (Lipinski definition) is 1. The van der Waals surface area contributed by atoms with E-state index in [2.05, 4.69) is 0 Å². The van der Waals surface area contributed by atoms with E-state index in [-0.39, 0.29) is 24.6 Å². The van der Waals surface area contributed by atoms with Gasteiger partial charge >= 0.3 is 5.97 Å². The van der Waals surface area contributed by atoms with Gasteiger partial charge in [-0.25, -0.2) is 0 Å². The van der Waals surface area contributed by atoms with E-state index < -0.39 is 0 Å². The lowest BCUT2D eigenvalue weighted by Gasteiger charge is -2.01. The fraction of sp³-hybridized carbons (Fsp3) is 0.875. The van der Waals surface area contributed by atoms with Gasteiger partial charge in [-0.05, 0) is 12.8 Å². The molecule has 1 aliphatic rings. The van der Waals surface area contributed by atoms with Crippen molar-refractivity contribution in [2.24, 2.45) is 5.92 Å². The minimum Gasteiger partial charge on any atom is -0.460 e. The van der Waals surface area contributed by atoms with Crippen molar-refractivity contribution in [1.82, 2.24) is 0 Å². The summed E-state index contributed by atoms with van der Waals surface area (Å²) in [5.41, 5.74) is 0. The SMILES string of the molecule is CCC[C@@H]1C[C@@H](CO)OC1=O. The van der Waals surface area contributed by atoms with Crippen LogP contribution in [0.2, 0.25) is 0 Å². The van der Waals surface area contributed by atoms with Gasteiger partial charge < -0.3 is 9.84 Å². The molecule has 64 valence electrons. The number of ether oxygens (including phenoxy) is 1. The van der Waals surface area contributed by atoms with Crippen molar-refractivity contribution in [2.45, 2.75) is 32.3 Å². The molecule has 1 aliphatic heterocycles. The summed E-state index contributed by atoms with van der Waals surface area (Å²) >= 11 is 0. The second kappa shape index (κ2) is 3.72. The summed E-state index contributed by atoms with van der Waals surface area (Å²) in [6.07, 6.45) is 2.34. The van der Waals surface area contributed by atoms with Gasteiger partial charge in [0.15, 0.2) is 0 Å². The van der Waals surface area contributed by atoms with Gasteiger partial charge in [0.1, 0.15) is 6.10 Å². The molecule has 0 spiro atoms. The van der Waals surface area contributed by atoms with Crippen molar-refractivity contribution in [3.05, 3.63) is 0 Å². The first kappa shape index (κ1) is 8.53. The van der Waals surface area contributed by atoms with Gasteiger partial charge in [-0.15, -0.1) is 0 Å². The highest BCUT2D eigenvalue weighted by Gasteiger charge is 2.32. The highest BCUT2D eigenvalue weighted by atomic mass is 16.6. The van der Waals surface area contributed by atoms with E-state index in [0.717, 1.165) is 12.8 Å². The van der Waals surface area contributed by atoms with Crippen LogP contribution in [0.15, 0.2) is 0 Å². The number of carbonyl (C=O) groups excluding carboxylic acids is 1. The number of cyclic esters (lactones) is 1. The Morgan fingerprint density at radius 2 is 2.45 bits per heavy atom. The van der Waals surface area contributed by atoms with Crippen LogP contribution in [0.3, 0.4) is 0 Å². The molecule has 0 aliphatic carbocycles. The molecule has 3 heteroatoms. The second-order valence-electron chi connectivity index (χ2n) is 2.96. The molecule has 1 fully saturated rings. The molecule has 11 heavy (non-hydrogen) atoms. The van der Waals surface area contributed by atoms with Gasteiger partial charge in [0.25, 0.3) is 0 Å². The summed E-state index contributed by atoms with van der Waals surface area (Å²) in [4.78, 5) is 11.0. The van der Waals surface area contributed by atoms with Gasteiger partial charge in [-0.2, -0.15) is 0 Å². The fourth-order valence-corrected chi connectivity index (χ4v) is 1.42. The molecule has 3 nitrogen and oxygen atoms in total. The Morgan fingerprint density at radius 3 is 2.91 bits per heavy atom. The molecule has 0 aromatic heterocycles. The van der Waals surface area contributed by atoms with Crippen LogP contribution in [0.25, 0.3) is 0 Å². The minimum absolute atomic E-state index is 0.0358. The third-order valence-corrected chi connectivity index (χ3v) is 2.00. The third-order valence-electron chi connectivity index (χ3n) is 2.00. The van der Waals surface area contributed by atoms with Crippen molar-refractivity contribution in [1.29, 1.82) is 0 Å². The predicted molar refractivity (Wildman–Crippen MR) is 40.0 cm³/mol. The van der Waals surface area contributed by atoms with Crippen molar-refractivity contribution < 1.29 is 14.6 Å². The van der Waals surface area contributed by atoms with Crippen LogP contribution in [-0.4, -0.2) is 23.8 Å². The molecule has 0 bridgehead atoms. The summed E-state index contributed by atoms with van der Waals surface area (Å²) in [5.74, 6) is -0.0944. The van der Waals surface area contributed by atoms with Crippen molar-refractivity contribution in [3.8, 4) is 0 Å². The van der Waals surface area contributed by atoms with Crippen LogP contribution in [0.1, 0.15) is 26.2 Å². The normalized spacial score (nSPS) is 30.5. The fourth-order valence-electron chi connectivity index (χ4n) is 1.42. The summed E-state index contributed by atoms with van der Waals surface area (Å²) in [5, 5.41) is 8.69. The number of carbonyl (C=O) groups is 1. The van der Waals surface area contributed by atoms with Gasteiger partial charge in [-0.3, -0.25) is 4.79 Å². The molecule has 1 saturated heterocycles. The average molecular weight is 158 g/mol. The summed E-state index contributed by atoms with van der Waals surface area (Å²) in [7, 11) is 0. The molecular formula is C8H14O3. The van der Waals surface area contributed by atoms with E-state index in [0.29, 0.717) is 6.42 Å². The Hall–Kier alpha value is -0.570. The summed E-state index contributed by atoms with van der Waals surface area (Å²) in [6, 6.07) is 0. The molecule has 0 aromatic carbocycles. The number of esters is 1. The molecule has 1 rings (SSSR count). The monoisotopic (exact) mass is 158 g/mol. The number of rotatable bonds is 3. The maximum atomic E-state index is 11.0. The van der Waals surface area contributed by atoms with Crippen molar-refractivity contribution in [3.63, 3.8) is 0 Å². The van der Waals surface area contributed by atoms with Gasteiger partial charge in [0, 0.05) is 0 Å². The summed E-state index contributed by atoms with van der Waals surface area (Å²) in [6.45, 7) is 2.01. The Bertz CT molecular complexity index is 144. The highest BCUT2D eigenvalue weighted by Crippen LogP contribution is 2.24. The standard InChI is InChI=1S/C8H14O3/c1-2-3-6-4-7(5-9)11-8(6)10/h6-7,9H,2-5H2,1H3/t6-,7+/m1/s1. The van der Waals surface area contributed by atoms with Crippen LogP contribution in [0.4, 0.5) is 0 Å². The van der Waals surface area contributed by atoms with E-state index in [4.69, 9.17) is 9.84 Å². The van der Waals surface area contributed by atoms with Crippen molar-refractivity contribution >= 4 is 5.97 Å². The zero-order valence-electron chi connectivity index (χ0n) is 6.75. The van der Waals surface area contributed by atoms with E-state index >= 15 is 0 Å². The maximum Gasteiger partial charge on any atom is 0.309 e. The molecule has 1 N–H and O–H groups in total.